The van der Waals surface area contributed by atoms with Crippen molar-refractivity contribution in [1.82, 2.24) is 10.2 Å². The number of hydrogen-bond acceptors (Lipinski definition) is 4. The molecule has 2 fully saturated rings. The van der Waals surface area contributed by atoms with Crippen LogP contribution < -0.4 is 15.4 Å². The summed E-state index contributed by atoms with van der Waals surface area (Å²) < 4.78 is 5.21. The van der Waals surface area contributed by atoms with Crippen LogP contribution in [0.3, 0.4) is 0 Å². The third kappa shape index (κ3) is 3.77. The summed E-state index contributed by atoms with van der Waals surface area (Å²) in [4.78, 5) is 39.0. The fourth-order valence-electron chi connectivity index (χ4n) is 4.73. The summed E-state index contributed by atoms with van der Waals surface area (Å²) in [5.41, 5.74) is -0.446. The van der Waals surface area contributed by atoms with E-state index in [1.165, 1.54) is 7.11 Å². The molecule has 2 aliphatic rings. The summed E-state index contributed by atoms with van der Waals surface area (Å²) in [5, 5.41) is 5.59. The van der Waals surface area contributed by atoms with Gasteiger partial charge in [-0.05, 0) is 42.7 Å². The second-order valence-corrected chi connectivity index (χ2v) is 8.51. The van der Waals surface area contributed by atoms with Crippen LogP contribution in [0.1, 0.15) is 40.0 Å². The van der Waals surface area contributed by atoms with Crippen molar-refractivity contribution >= 4 is 23.5 Å². The SMILES string of the molecule is COc1ccccc1NC(=O)CN1C(=O)N[C@]2(C[C@@H](C)CC(C)(C)C2)C1=O. The summed E-state index contributed by atoms with van der Waals surface area (Å²) in [6.45, 7) is 6.00. The predicted molar refractivity (Wildman–Crippen MR) is 101 cm³/mol. The number of hydrogen-bond donors (Lipinski definition) is 2. The average molecular weight is 373 g/mol. The van der Waals surface area contributed by atoms with Crippen molar-refractivity contribution in [3.05, 3.63) is 24.3 Å². The van der Waals surface area contributed by atoms with E-state index in [2.05, 4.69) is 31.4 Å². The van der Waals surface area contributed by atoms with E-state index in [-0.39, 0.29) is 17.9 Å². The van der Waals surface area contributed by atoms with Gasteiger partial charge in [-0.15, -0.1) is 0 Å². The Kier molecular flexibility index (Phi) is 4.88. The molecule has 1 saturated carbocycles. The fourth-order valence-corrected chi connectivity index (χ4v) is 4.73. The maximum absolute atomic E-state index is 13.1. The Morgan fingerprint density at radius 1 is 1.30 bits per heavy atom. The van der Waals surface area contributed by atoms with Gasteiger partial charge in [-0.25, -0.2) is 4.79 Å². The fraction of sp³-hybridized carbons (Fsp3) is 0.550. The summed E-state index contributed by atoms with van der Waals surface area (Å²) in [7, 11) is 1.51. The van der Waals surface area contributed by atoms with E-state index in [0.29, 0.717) is 30.2 Å². The average Bonchev–Trinajstić information content (AvgIpc) is 2.77. The van der Waals surface area contributed by atoms with Crippen molar-refractivity contribution in [2.45, 2.75) is 45.6 Å². The number of benzene rings is 1. The Bertz CT molecular complexity index is 776. The Hall–Kier alpha value is -2.57. The molecular weight excluding hydrogens is 346 g/mol. The molecule has 146 valence electrons. The van der Waals surface area contributed by atoms with Crippen LogP contribution in [0.15, 0.2) is 24.3 Å². The van der Waals surface area contributed by atoms with Crippen LogP contribution in [-0.2, 0) is 9.59 Å². The summed E-state index contributed by atoms with van der Waals surface area (Å²) in [5.74, 6) is 0.0909. The van der Waals surface area contributed by atoms with Crippen molar-refractivity contribution in [3.8, 4) is 5.75 Å². The lowest BCUT2D eigenvalue weighted by Crippen LogP contribution is -2.54. The maximum atomic E-state index is 13.1. The number of carbonyl (C=O) groups excluding carboxylic acids is 3. The van der Waals surface area contributed by atoms with E-state index >= 15 is 0 Å². The van der Waals surface area contributed by atoms with Gasteiger partial charge in [0, 0.05) is 0 Å². The highest BCUT2D eigenvalue weighted by Gasteiger charge is 2.56. The molecule has 1 aromatic rings. The van der Waals surface area contributed by atoms with Crippen LogP contribution >= 0.6 is 0 Å². The van der Waals surface area contributed by atoms with Crippen molar-refractivity contribution in [3.63, 3.8) is 0 Å². The molecule has 27 heavy (non-hydrogen) atoms. The lowest BCUT2D eigenvalue weighted by Gasteiger charge is -2.43. The Balaban J connectivity index is 1.73. The molecule has 2 N–H and O–H groups in total. The number of nitrogens with one attached hydrogen (secondary N) is 2. The van der Waals surface area contributed by atoms with Gasteiger partial charge < -0.3 is 15.4 Å². The minimum atomic E-state index is -0.900. The van der Waals surface area contributed by atoms with E-state index < -0.39 is 17.5 Å². The topological polar surface area (TPSA) is 87.7 Å². The molecule has 4 amide bonds. The van der Waals surface area contributed by atoms with Crippen molar-refractivity contribution in [2.24, 2.45) is 11.3 Å². The zero-order valence-corrected chi connectivity index (χ0v) is 16.3. The number of urea groups is 1. The van der Waals surface area contributed by atoms with E-state index in [9.17, 15) is 14.4 Å². The lowest BCUT2D eigenvalue weighted by atomic mass is 9.64. The van der Waals surface area contributed by atoms with E-state index in [0.717, 1.165) is 11.3 Å². The number of nitrogens with zero attached hydrogens (tertiary/aromatic N) is 1. The Morgan fingerprint density at radius 3 is 2.67 bits per heavy atom. The van der Waals surface area contributed by atoms with Gasteiger partial charge in [0.05, 0.1) is 12.8 Å². The van der Waals surface area contributed by atoms with Gasteiger partial charge in [0.25, 0.3) is 5.91 Å². The lowest BCUT2D eigenvalue weighted by molar-refractivity contribution is -0.136. The number of methoxy groups -OCH3 is 1. The van der Waals surface area contributed by atoms with Gasteiger partial charge in [-0.1, -0.05) is 32.9 Å². The molecule has 1 aliphatic heterocycles. The smallest absolute Gasteiger partial charge is 0.325 e. The third-order valence-corrected chi connectivity index (χ3v) is 5.31. The van der Waals surface area contributed by atoms with Crippen LogP contribution in [0, 0.1) is 11.3 Å². The molecule has 0 unspecified atom stereocenters. The molecule has 3 rings (SSSR count). The molecule has 1 spiro atoms. The second-order valence-electron chi connectivity index (χ2n) is 8.51. The minimum absolute atomic E-state index is 0.0454. The first-order valence-electron chi connectivity index (χ1n) is 9.23. The third-order valence-electron chi connectivity index (χ3n) is 5.31. The molecular formula is C20H27N3O4. The molecule has 7 heteroatoms. The van der Waals surface area contributed by atoms with Gasteiger partial charge >= 0.3 is 6.03 Å². The van der Waals surface area contributed by atoms with Crippen LogP contribution in [-0.4, -0.2) is 41.9 Å². The summed E-state index contributed by atoms with van der Waals surface area (Å²) in [6, 6.07) is 6.49. The Labute approximate surface area is 159 Å². The first-order chi connectivity index (χ1) is 12.7. The standard InChI is InChI=1S/C20H27N3O4/c1-13-9-19(2,3)12-20(10-13)17(25)23(18(26)22-20)11-16(24)21-14-7-5-6-8-15(14)27-4/h5-8,13H,9-12H2,1-4H3,(H,21,24)(H,22,26)/t13-,20-/m0/s1. The molecule has 1 aliphatic carbocycles. The quantitative estimate of drug-likeness (QED) is 0.795. The number of para-hydroxylation sites is 2. The monoisotopic (exact) mass is 373 g/mol. The summed E-state index contributed by atoms with van der Waals surface area (Å²) >= 11 is 0. The highest BCUT2D eigenvalue weighted by molar-refractivity contribution is 6.10. The van der Waals surface area contributed by atoms with Gasteiger partial charge in [0.15, 0.2) is 0 Å². The van der Waals surface area contributed by atoms with Crippen molar-refractivity contribution in [1.29, 1.82) is 0 Å². The van der Waals surface area contributed by atoms with E-state index in [4.69, 9.17) is 4.74 Å². The number of anilines is 1. The highest BCUT2D eigenvalue weighted by atomic mass is 16.5. The van der Waals surface area contributed by atoms with Gasteiger partial charge in [-0.2, -0.15) is 0 Å². The molecule has 1 heterocycles. The number of amides is 4. The number of imide groups is 1. The van der Waals surface area contributed by atoms with E-state index in [1.807, 2.05) is 0 Å². The number of rotatable bonds is 4. The maximum Gasteiger partial charge on any atom is 0.325 e. The first-order valence-corrected chi connectivity index (χ1v) is 9.23. The molecule has 0 aromatic heterocycles. The van der Waals surface area contributed by atoms with Gasteiger partial charge in [-0.3, -0.25) is 14.5 Å². The summed E-state index contributed by atoms with van der Waals surface area (Å²) in [6.07, 6.45) is 2.19. The van der Waals surface area contributed by atoms with Crippen LogP contribution in [0.25, 0.3) is 0 Å². The van der Waals surface area contributed by atoms with Gasteiger partial charge in [0.2, 0.25) is 5.91 Å². The van der Waals surface area contributed by atoms with Gasteiger partial charge in [0.1, 0.15) is 17.8 Å². The molecule has 1 aromatic carbocycles. The molecule has 1 saturated heterocycles. The zero-order valence-electron chi connectivity index (χ0n) is 16.3. The van der Waals surface area contributed by atoms with Crippen molar-refractivity contribution < 1.29 is 19.1 Å². The molecule has 0 radical (unpaired) electrons. The minimum Gasteiger partial charge on any atom is -0.495 e. The second kappa shape index (κ2) is 6.87. The Morgan fingerprint density at radius 2 is 2.00 bits per heavy atom. The highest BCUT2D eigenvalue weighted by Crippen LogP contribution is 2.46. The molecule has 2 atom stereocenters. The first kappa shape index (κ1) is 19.2. The van der Waals surface area contributed by atoms with Crippen molar-refractivity contribution in [2.75, 3.05) is 19.0 Å². The zero-order chi connectivity index (χ0) is 19.8. The normalized spacial score (nSPS) is 26.8. The van der Waals surface area contributed by atoms with Crippen LogP contribution in [0.5, 0.6) is 5.75 Å². The number of ether oxygens (including phenoxy) is 1. The van der Waals surface area contributed by atoms with Crippen LogP contribution in [0.4, 0.5) is 10.5 Å². The largest absolute Gasteiger partial charge is 0.495 e. The van der Waals surface area contributed by atoms with E-state index in [1.54, 1.807) is 24.3 Å². The molecule has 0 bridgehead atoms. The number of carbonyl (C=O) groups is 3. The van der Waals surface area contributed by atoms with Crippen LogP contribution in [0.2, 0.25) is 0 Å². The molecule has 7 nitrogen and oxygen atoms in total. The predicted octanol–water partition coefficient (Wildman–Crippen LogP) is 2.77.